The average molecular weight is 705 g/mol. The SMILES string of the molecule is O=C(O[C@@H](Cc1c(Cl)c[n+]([O-])cc1Cl)c1ccc(OC(F)F)c(OCC2CC2)c1)c1cscc1S(=O)(=O)c1ccc(Cl)cc1. The van der Waals surface area contributed by atoms with Crippen molar-refractivity contribution in [2.75, 3.05) is 6.61 Å². The van der Waals surface area contributed by atoms with Crippen molar-refractivity contribution >= 4 is 61.9 Å². The maximum absolute atomic E-state index is 13.6. The molecule has 5 rings (SSSR count). The number of hydrogen-bond donors (Lipinski definition) is 0. The van der Waals surface area contributed by atoms with Crippen molar-refractivity contribution in [1.29, 1.82) is 0 Å². The molecule has 0 N–H and O–H groups in total. The zero-order chi connectivity index (χ0) is 31.6. The zero-order valence-corrected chi connectivity index (χ0v) is 26.3. The molecule has 1 saturated carbocycles. The Morgan fingerprint density at radius 2 is 1.70 bits per heavy atom. The second kappa shape index (κ2) is 13.5. The number of sulfone groups is 1. The smallest absolute Gasteiger partial charge is 0.387 e. The summed E-state index contributed by atoms with van der Waals surface area (Å²) in [7, 11) is -4.14. The van der Waals surface area contributed by atoms with Crippen LogP contribution in [0.4, 0.5) is 8.78 Å². The van der Waals surface area contributed by atoms with Gasteiger partial charge in [0.05, 0.1) is 22.0 Å². The topological polar surface area (TPSA) is 106 Å². The molecule has 2 aromatic carbocycles. The number of pyridine rings is 1. The van der Waals surface area contributed by atoms with Gasteiger partial charge in [0.15, 0.2) is 23.9 Å². The summed E-state index contributed by atoms with van der Waals surface area (Å²) in [6, 6.07) is 9.52. The van der Waals surface area contributed by atoms with E-state index in [0.717, 1.165) is 36.6 Å². The summed E-state index contributed by atoms with van der Waals surface area (Å²) in [6.07, 6.45) is 2.68. The van der Waals surface area contributed by atoms with E-state index in [2.05, 4.69) is 4.74 Å². The van der Waals surface area contributed by atoms with Crippen LogP contribution in [0.1, 0.15) is 40.4 Å². The Balaban J connectivity index is 1.52. The van der Waals surface area contributed by atoms with Crippen molar-refractivity contribution in [3.8, 4) is 11.5 Å². The van der Waals surface area contributed by atoms with Crippen molar-refractivity contribution in [3.05, 3.63) is 103 Å². The normalized spacial score (nSPS) is 14.0. The maximum Gasteiger partial charge on any atom is 0.387 e. The van der Waals surface area contributed by atoms with Crippen molar-refractivity contribution in [2.24, 2.45) is 5.92 Å². The monoisotopic (exact) mass is 703 g/mol. The van der Waals surface area contributed by atoms with Gasteiger partial charge in [0.2, 0.25) is 9.84 Å². The van der Waals surface area contributed by atoms with Gasteiger partial charge in [0.25, 0.3) is 0 Å². The first-order valence-corrected chi connectivity index (χ1v) is 16.5. The highest BCUT2D eigenvalue weighted by Gasteiger charge is 2.30. The number of rotatable bonds is 12. The number of carbonyl (C=O) groups is 1. The molecule has 1 atom stereocenters. The van der Waals surface area contributed by atoms with E-state index < -0.39 is 28.5 Å². The maximum atomic E-state index is 13.6. The first kappa shape index (κ1) is 32.2. The summed E-state index contributed by atoms with van der Waals surface area (Å²) in [5, 5.41) is 14.8. The van der Waals surface area contributed by atoms with Crippen LogP contribution in [0.15, 0.2) is 75.4 Å². The number of nitrogens with zero attached hydrogens (tertiary/aromatic N) is 1. The first-order chi connectivity index (χ1) is 20.9. The molecule has 232 valence electrons. The minimum Gasteiger partial charge on any atom is -0.619 e. The molecule has 0 bridgehead atoms. The molecule has 0 aliphatic heterocycles. The van der Waals surface area contributed by atoms with Crippen molar-refractivity contribution in [3.63, 3.8) is 0 Å². The van der Waals surface area contributed by atoms with Gasteiger partial charge in [0.1, 0.15) is 16.1 Å². The highest BCUT2D eigenvalue weighted by Crippen LogP contribution is 2.39. The second-order valence-corrected chi connectivity index (χ2v) is 13.7. The molecule has 2 aromatic heterocycles. The van der Waals surface area contributed by atoms with Crippen LogP contribution in [-0.2, 0) is 21.0 Å². The fraction of sp³-hybridized carbons (Fsp3) is 0.241. The third-order valence-corrected chi connectivity index (χ3v) is 10.3. The van der Waals surface area contributed by atoms with E-state index in [1.54, 1.807) is 0 Å². The van der Waals surface area contributed by atoms with Crippen LogP contribution in [0.25, 0.3) is 0 Å². The van der Waals surface area contributed by atoms with Gasteiger partial charge in [-0.3, -0.25) is 0 Å². The predicted molar refractivity (Wildman–Crippen MR) is 160 cm³/mol. The Hall–Kier alpha value is -3.16. The largest absolute Gasteiger partial charge is 0.619 e. The van der Waals surface area contributed by atoms with Gasteiger partial charge in [-0.2, -0.15) is 24.8 Å². The third-order valence-electron chi connectivity index (χ3n) is 6.68. The van der Waals surface area contributed by atoms with E-state index in [4.69, 9.17) is 44.3 Å². The average Bonchev–Trinajstić information content (AvgIpc) is 3.65. The van der Waals surface area contributed by atoms with Crippen LogP contribution >= 0.6 is 46.1 Å². The molecule has 0 unspecified atom stereocenters. The second-order valence-electron chi connectivity index (χ2n) is 9.84. The molecule has 2 heterocycles. The Morgan fingerprint density at radius 3 is 2.34 bits per heavy atom. The van der Waals surface area contributed by atoms with Gasteiger partial charge in [-0.1, -0.05) is 40.9 Å². The summed E-state index contributed by atoms with van der Waals surface area (Å²) >= 11 is 19.5. The summed E-state index contributed by atoms with van der Waals surface area (Å²) in [5.74, 6) is -0.919. The van der Waals surface area contributed by atoms with Crippen LogP contribution in [0.3, 0.4) is 0 Å². The number of hydrogen-bond acceptors (Lipinski definition) is 8. The number of alkyl halides is 2. The summed E-state index contributed by atoms with van der Waals surface area (Å²) in [6.45, 7) is -2.84. The lowest BCUT2D eigenvalue weighted by atomic mass is 10.0. The first-order valence-electron chi connectivity index (χ1n) is 13.0. The van der Waals surface area contributed by atoms with Gasteiger partial charge in [-0.25, -0.2) is 13.2 Å². The Bertz CT molecular complexity index is 1760. The molecule has 8 nitrogen and oxygen atoms in total. The molecule has 1 aliphatic carbocycles. The minimum atomic E-state index is -4.14. The summed E-state index contributed by atoms with van der Waals surface area (Å²) in [5.41, 5.74) is 0.320. The van der Waals surface area contributed by atoms with Gasteiger partial charge in [-0.05, 0) is 60.7 Å². The lowest BCUT2D eigenvalue weighted by Crippen LogP contribution is -2.25. The van der Waals surface area contributed by atoms with E-state index >= 15 is 0 Å². The number of carbonyl (C=O) groups excluding carboxylic acids is 1. The Morgan fingerprint density at radius 1 is 1.02 bits per heavy atom. The minimum absolute atomic E-state index is 0.0000527. The van der Waals surface area contributed by atoms with Crippen LogP contribution in [0.2, 0.25) is 15.1 Å². The molecular weight excluding hydrogens is 683 g/mol. The molecule has 15 heteroatoms. The quantitative estimate of drug-likeness (QED) is 0.0845. The number of thiophene rings is 1. The van der Waals surface area contributed by atoms with Crippen LogP contribution in [-0.4, -0.2) is 27.6 Å². The molecule has 4 aromatic rings. The lowest BCUT2D eigenvalue weighted by Gasteiger charge is -2.21. The van der Waals surface area contributed by atoms with E-state index in [-0.39, 0.29) is 67.0 Å². The molecule has 0 radical (unpaired) electrons. The molecule has 0 spiro atoms. The number of aromatic nitrogens is 1. The fourth-order valence-electron chi connectivity index (χ4n) is 4.24. The lowest BCUT2D eigenvalue weighted by molar-refractivity contribution is -0.605. The molecule has 1 fully saturated rings. The van der Waals surface area contributed by atoms with E-state index in [1.807, 2.05) is 0 Å². The number of esters is 1. The van der Waals surface area contributed by atoms with Gasteiger partial charge < -0.3 is 19.4 Å². The van der Waals surface area contributed by atoms with Crippen molar-refractivity contribution in [2.45, 2.75) is 41.8 Å². The molecule has 44 heavy (non-hydrogen) atoms. The summed E-state index contributed by atoms with van der Waals surface area (Å²) < 4.78 is 69.7. The Labute approximate surface area is 270 Å². The molecule has 1 aliphatic rings. The van der Waals surface area contributed by atoms with Crippen LogP contribution in [0.5, 0.6) is 11.5 Å². The molecule has 0 saturated heterocycles. The highest BCUT2D eigenvalue weighted by atomic mass is 35.5. The van der Waals surface area contributed by atoms with E-state index in [1.165, 1.54) is 53.2 Å². The number of ether oxygens (including phenoxy) is 3. The van der Waals surface area contributed by atoms with E-state index in [9.17, 15) is 27.2 Å². The van der Waals surface area contributed by atoms with Gasteiger partial charge >= 0.3 is 12.6 Å². The van der Waals surface area contributed by atoms with Crippen LogP contribution in [0, 0.1) is 11.1 Å². The van der Waals surface area contributed by atoms with Crippen molar-refractivity contribution < 1.29 is 40.9 Å². The number of halogens is 5. The predicted octanol–water partition coefficient (Wildman–Crippen LogP) is 7.71. The number of benzene rings is 2. The molecular formula is C29H22Cl3F2NO7S2. The van der Waals surface area contributed by atoms with Crippen molar-refractivity contribution in [1.82, 2.24) is 0 Å². The van der Waals surface area contributed by atoms with Gasteiger partial charge in [0, 0.05) is 27.8 Å². The van der Waals surface area contributed by atoms with Gasteiger partial charge in [-0.15, -0.1) is 0 Å². The molecule has 0 amide bonds. The fourth-order valence-corrected chi connectivity index (χ4v) is 7.57. The van der Waals surface area contributed by atoms with E-state index in [0.29, 0.717) is 9.75 Å². The highest BCUT2D eigenvalue weighted by molar-refractivity contribution is 7.91. The standard InChI is InChI=1S/C29H22Cl3F2NO7S2/c30-18-4-6-19(7-5-18)44(38,39)27-15-43-14-21(27)28(36)41-25(10-20-22(31)11-35(37)12-23(20)32)17-3-8-24(42-29(33)34)26(9-17)40-13-16-1-2-16/h3-9,11-12,14-16,25,29H,1-2,10,13H2/t25-/m0/s1. The summed E-state index contributed by atoms with van der Waals surface area (Å²) in [4.78, 5) is 13.3. The zero-order valence-electron chi connectivity index (χ0n) is 22.4. The third kappa shape index (κ3) is 7.55. The van der Waals surface area contributed by atoms with Crippen LogP contribution < -0.4 is 14.2 Å². The Kier molecular flexibility index (Phi) is 9.86.